The van der Waals surface area contributed by atoms with E-state index in [9.17, 15) is 14.7 Å². The maximum absolute atomic E-state index is 11.8. The van der Waals surface area contributed by atoms with Crippen LogP contribution in [0.4, 0.5) is 5.69 Å². The molecule has 9 nitrogen and oxygen atoms in total. The van der Waals surface area contributed by atoms with Crippen molar-refractivity contribution in [3.05, 3.63) is 71.8 Å². The lowest BCUT2D eigenvalue weighted by Crippen LogP contribution is -2.34. The van der Waals surface area contributed by atoms with Crippen LogP contribution >= 0.6 is 0 Å². The molecule has 3 aromatic rings. The number of hydrogen-bond acceptors (Lipinski definition) is 6. The van der Waals surface area contributed by atoms with Gasteiger partial charge in [-0.25, -0.2) is 9.67 Å². The van der Waals surface area contributed by atoms with Crippen molar-refractivity contribution in [3.63, 3.8) is 0 Å². The fraction of sp³-hybridized carbons (Fsp3) is 0.308. The van der Waals surface area contributed by atoms with Gasteiger partial charge in [0, 0.05) is 12.6 Å². The molecular weight excluding hydrogens is 446 g/mol. The number of fused-ring (bicyclic) bond motifs is 1. The number of aliphatic hydroxyl groups is 1. The van der Waals surface area contributed by atoms with Crippen LogP contribution in [-0.4, -0.2) is 50.9 Å². The topological polar surface area (TPSA) is 124 Å². The Bertz CT molecular complexity index is 1270. The van der Waals surface area contributed by atoms with Crippen LogP contribution in [0.2, 0.25) is 0 Å². The summed E-state index contributed by atoms with van der Waals surface area (Å²) in [6.45, 7) is 0.988. The average Bonchev–Trinajstić information content (AvgIpc) is 3.26. The smallest absolute Gasteiger partial charge is 0.288 e. The van der Waals surface area contributed by atoms with Crippen LogP contribution in [0.1, 0.15) is 47.4 Å². The van der Waals surface area contributed by atoms with E-state index >= 15 is 0 Å². The third kappa shape index (κ3) is 6.05. The van der Waals surface area contributed by atoms with Crippen LogP contribution in [0.5, 0.6) is 5.75 Å². The first-order valence-electron chi connectivity index (χ1n) is 11.4. The molecule has 0 bridgehead atoms. The highest BCUT2D eigenvalue weighted by Crippen LogP contribution is 2.32. The van der Waals surface area contributed by atoms with Crippen molar-refractivity contribution in [3.8, 4) is 17.6 Å². The molecule has 1 aliphatic heterocycles. The monoisotopic (exact) mass is 473 g/mol. The number of hydrogen-bond donors (Lipinski definition) is 2. The molecule has 0 unspecified atom stereocenters. The third-order valence-corrected chi connectivity index (χ3v) is 5.83. The zero-order chi connectivity index (χ0) is 24.8. The van der Waals surface area contributed by atoms with E-state index in [0.29, 0.717) is 25.3 Å². The fourth-order valence-electron chi connectivity index (χ4n) is 3.61. The fourth-order valence-corrected chi connectivity index (χ4v) is 3.61. The zero-order valence-electron chi connectivity index (χ0n) is 19.5. The van der Waals surface area contributed by atoms with Gasteiger partial charge in [0.2, 0.25) is 11.7 Å². The van der Waals surface area contributed by atoms with Crippen molar-refractivity contribution >= 4 is 17.5 Å². The first kappa shape index (κ1) is 24.0. The molecule has 0 saturated heterocycles. The van der Waals surface area contributed by atoms with Crippen LogP contribution in [0.25, 0.3) is 0 Å². The second-order valence-electron chi connectivity index (χ2n) is 8.48. The Morgan fingerprint density at radius 3 is 2.66 bits per heavy atom. The minimum atomic E-state index is -0.814. The predicted molar refractivity (Wildman–Crippen MR) is 130 cm³/mol. The Balaban J connectivity index is 0.000000172. The molecule has 1 fully saturated rings. The lowest BCUT2D eigenvalue weighted by molar-refractivity contribution is -0.118. The van der Waals surface area contributed by atoms with Gasteiger partial charge >= 0.3 is 0 Å². The molecule has 0 spiro atoms. The highest BCUT2D eigenvalue weighted by Gasteiger charge is 2.32. The summed E-state index contributed by atoms with van der Waals surface area (Å²) in [4.78, 5) is 28.0. The van der Waals surface area contributed by atoms with Crippen LogP contribution in [0.3, 0.4) is 0 Å². The largest absolute Gasteiger partial charge is 0.491 e. The molecule has 1 saturated carbocycles. The van der Waals surface area contributed by atoms with Crippen molar-refractivity contribution in [2.75, 3.05) is 18.6 Å². The van der Waals surface area contributed by atoms with Crippen LogP contribution in [0.15, 0.2) is 54.9 Å². The summed E-state index contributed by atoms with van der Waals surface area (Å²) >= 11 is 0. The second-order valence-corrected chi connectivity index (χ2v) is 8.48. The van der Waals surface area contributed by atoms with E-state index in [1.165, 1.54) is 6.33 Å². The molecule has 180 valence electrons. The summed E-state index contributed by atoms with van der Waals surface area (Å²) in [6.07, 6.45) is 4.39. The van der Waals surface area contributed by atoms with Crippen LogP contribution in [-0.2, 0) is 11.3 Å². The Morgan fingerprint density at radius 2 is 2.00 bits per heavy atom. The first-order valence-corrected chi connectivity index (χ1v) is 11.4. The molecule has 0 radical (unpaired) electrons. The van der Waals surface area contributed by atoms with Crippen LogP contribution < -0.4 is 15.4 Å². The summed E-state index contributed by atoms with van der Waals surface area (Å²) in [5, 5.41) is 13.9. The molecule has 5 rings (SSSR count). The number of amides is 2. The molecular formula is C26H27N5O4. The number of anilines is 1. The van der Waals surface area contributed by atoms with Gasteiger partial charge in [-0.2, -0.15) is 0 Å². The SMILES string of the molecule is CN1C(=O)CCOc2ccc(C#CC3(O)CCC3)cc21.NC(=O)c1ncn(Cc2ccccc2)n1. The number of benzene rings is 2. The van der Waals surface area contributed by atoms with E-state index in [2.05, 4.69) is 21.9 Å². The first-order chi connectivity index (χ1) is 16.8. The minimum Gasteiger partial charge on any atom is -0.491 e. The van der Waals surface area contributed by atoms with Gasteiger partial charge < -0.3 is 20.5 Å². The van der Waals surface area contributed by atoms with Crippen molar-refractivity contribution in [1.82, 2.24) is 14.8 Å². The number of carbonyl (C=O) groups excluding carboxylic acids is 2. The van der Waals surface area contributed by atoms with Crippen molar-refractivity contribution < 1.29 is 19.4 Å². The number of primary amides is 1. The predicted octanol–water partition coefficient (Wildman–Crippen LogP) is 2.12. The second kappa shape index (κ2) is 10.4. The van der Waals surface area contributed by atoms with E-state index in [-0.39, 0.29) is 11.7 Å². The number of nitrogens with two attached hydrogens (primary N) is 1. The van der Waals surface area contributed by atoms with Crippen molar-refractivity contribution in [2.45, 2.75) is 37.8 Å². The maximum atomic E-state index is 11.8. The van der Waals surface area contributed by atoms with Gasteiger partial charge in [-0.15, -0.1) is 5.10 Å². The molecule has 2 heterocycles. The summed E-state index contributed by atoms with van der Waals surface area (Å²) in [5.74, 6) is 6.09. The lowest BCUT2D eigenvalue weighted by atomic mass is 9.81. The van der Waals surface area contributed by atoms with Gasteiger partial charge in [0.05, 0.1) is 25.3 Å². The van der Waals surface area contributed by atoms with E-state index in [4.69, 9.17) is 10.5 Å². The van der Waals surface area contributed by atoms with Gasteiger partial charge in [0.15, 0.2) is 0 Å². The minimum absolute atomic E-state index is 0.0338. The number of nitrogens with zero attached hydrogens (tertiary/aromatic N) is 4. The summed E-state index contributed by atoms with van der Waals surface area (Å²) in [6, 6.07) is 15.3. The van der Waals surface area contributed by atoms with Gasteiger partial charge in [0.1, 0.15) is 17.7 Å². The van der Waals surface area contributed by atoms with Gasteiger partial charge in [-0.05, 0) is 43.0 Å². The Kier molecular flexibility index (Phi) is 7.13. The average molecular weight is 474 g/mol. The van der Waals surface area contributed by atoms with Gasteiger partial charge in [-0.1, -0.05) is 42.2 Å². The Morgan fingerprint density at radius 1 is 1.23 bits per heavy atom. The molecule has 2 amide bonds. The summed E-state index contributed by atoms with van der Waals surface area (Å²) < 4.78 is 7.14. The third-order valence-electron chi connectivity index (χ3n) is 5.83. The van der Waals surface area contributed by atoms with E-state index in [1.54, 1.807) is 16.6 Å². The molecule has 35 heavy (non-hydrogen) atoms. The van der Waals surface area contributed by atoms with Gasteiger partial charge in [-0.3, -0.25) is 9.59 Å². The van der Waals surface area contributed by atoms with Gasteiger partial charge in [0.25, 0.3) is 5.91 Å². The molecule has 0 atom stereocenters. The molecule has 2 aromatic carbocycles. The number of rotatable bonds is 3. The number of aromatic nitrogens is 3. The maximum Gasteiger partial charge on any atom is 0.288 e. The molecule has 9 heteroatoms. The standard InChI is InChI=1S/C16H17NO3.C10H10N4O/c1-17-13-11-12(5-9-16(19)7-2-8-16)3-4-14(13)20-10-6-15(17)18;11-9(15)10-12-7-14(13-10)6-8-4-2-1-3-5-8/h3-4,11,19H,2,6-8,10H2,1H3;1-5,7H,6H2,(H2,11,15). The molecule has 1 aromatic heterocycles. The Hall–Kier alpha value is -4.16. The van der Waals surface area contributed by atoms with E-state index in [0.717, 1.165) is 36.1 Å². The number of ether oxygens (including phenoxy) is 1. The summed E-state index contributed by atoms with van der Waals surface area (Å²) in [7, 11) is 1.74. The van der Waals surface area contributed by atoms with Crippen molar-refractivity contribution in [2.24, 2.45) is 5.73 Å². The van der Waals surface area contributed by atoms with E-state index < -0.39 is 11.5 Å². The van der Waals surface area contributed by atoms with E-state index in [1.807, 2.05) is 48.5 Å². The highest BCUT2D eigenvalue weighted by atomic mass is 16.5. The quantitative estimate of drug-likeness (QED) is 0.562. The Labute approximate surface area is 203 Å². The van der Waals surface area contributed by atoms with Crippen molar-refractivity contribution in [1.29, 1.82) is 0 Å². The highest BCUT2D eigenvalue weighted by molar-refractivity contribution is 5.95. The number of carbonyl (C=O) groups is 2. The molecule has 2 aliphatic rings. The summed E-state index contributed by atoms with van der Waals surface area (Å²) in [5.41, 5.74) is 6.85. The molecule has 1 aliphatic carbocycles. The normalized spacial score (nSPS) is 15.7. The van der Waals surface area contributed by atoms with Crippen LogP contribution in [0, 0.1) is 11.8 Å². The molecule has 3 N–H and O–H groups in total. The lowest BCUT2D eigenvalue weighted by Gasteiger charge is -2.30. The zero-order valence-corrected chi connectivity index (χ0v) is 19.5.